The lowest BCUT2D eigenvalue weighted by atomic mass is 10.0. The molecule has 0 radical (unpaired) electrons. The van der Waals surface area contributed by atoms with Gasteiger partial charge in [-0.05, 0) is 90.4 Å². The molecule has 4 rings (SSSR count). The SMILES string of the molecule is C=C(C)C(=O)Oc1ccc(C(=O)Oc2ccc(OC(=O)/C=C/c3ccc(-c4ccc(OC)cc4)cc3)cc2)cc1. The average molecular weight is 535 g/mol. The summed E-state index contributed by atoms with van der Waals surface area (Å²) in [5.74, 6) is -0.0333. The minimum absolute atomic E-state index is 0.268. The highest BCUT2D eigenvalue weighted by molar-refractivity contribution is 5.92. The van der Waals surface area contributed by atoms with E-state index in [9.17, 15) is 14.4 Å². The van der Waals surface area contributed by atoms with E-state index in [0.29, 0.717) is 5.75 Å². The molecule has 0 aliphatic heterocycles. The summed E-state index contributed by atoms with van der Waals surface area (Å²) >= 11 is 0. The molecule has 0 aliphatic rings. The predicted molar refractivity (Wildman–Crippen MR) is 151 cm³/mol. The zero-order valence-corrected chi connectivity index (χ0v) is 22.0. The van der Waals surface area contributed by atoms with Crippen LogP contribution in [0.25, 0.3) is 17.2 Å². The van der Waals surface area contributed by atoms with Crippen LogP contribution in [-0.2, 0) is 9.59 Å². The lowest BCUT2D eigenvalue weighted by Crippen LogP contribution is -2.10. The van der Waals surface area contributed by atoms with Gasteiger partial charge in [-0.15, -0.1) is 0 Å². The maximum Gasteiger partial charge on any atom is 0.343 e. The molecule has 0 aromatic heterocycles. The van der Waals surface area contributed by atoms with E-state index < -0.39 is 17.9 Å². The summed E-state index contributed by atoms with van der Waals surface area (Å²) in [6.45, 7) is 5.06. The summed E-state index contributed by atoms with van der Waals surface area (Å²) in [6, 6.07) is 27.6. The Labute approximate surface area is 231 Å². The normalized spacial score (nSPS) is 10.6. The summed E-state index contributed by atoms with van der Waals surface area (Å²) in [4.78, 5) is 36.3. The molecule has 0 spiro atoms. The minimum Gasteiger partial charge on any atom is -0.497 e. The summed E-state index contributed by atoms with van der Waals surface area (Å²) < 4.78 is 21.0. The molecule has 7 heteroatoms. The van der Waals surface area contributed by atoms with Gasteiger partial charge in [0.05, 0.1) is 12.7 Å². The Balaban J connectivity index is 1.28. The number of ether oxygens (including phenoxy) is 4. The molecule has 0 fully saturated rings. The van der Waals surface area contributed by atoms with Crippen LogP contribution in [0.5, 0.6) is 23.0 Å². The maximum atomic E-state index is 12.4. The van der Waals surface area contributed by atoms with E-state index in [1.165, 1.54) is 54.6 Å². The molecule has 0 bridgehead atoms. The Kier molecular flexibility index (Phi) is 8.89. The van der Waals surface area contributed by atoms with E-state index in [-0.39, 0.29) is 22.6 Å². The first-order valence-electron chi connectivity index (χ1n) is 12.2. The van der Waals surface area contributed by atoms with Gasteiger partial charge in [-0.3, -0.25) is 0 Å². The van der Waals surface area contributed by atoms with Crippen molar-refractivity contribution in [1.29, 1.82) is 0 Å². The van der Waals surface area contributed by atoms with Gasteiger partial charge in [0.1, 0.15) is 23.0 Å². The van der Waals surface area contributed by atoms with Crippen molar-refractivity contribution in [2.24, 2.45) is 0 Å². The first kappa shape index (κ1) is 27.6. The smallest absolute Gasteiger partial charge is 0.343 e. The number of hydrogen-bond acceptors (Lipinski definition) is 7. The third-order valence-electron chi connectivity index (χ3n) is 5.65. The number of benzene rings is 4. The number of hydrogen-bond donors (Lipinski definition) is 0. The highest BCUT2D eigenvalue weighted by Gasteiger charge is 2.11. The summed E-state index contributed by atoms with van der Waals surface area (Å²) in [6.07, 6.45) is 3.01. The second-order valence-corrected chi connectivity index (χ2v) is 8.66. The fraction of sp³-hybridized carbons (Fsp3) is 0.0606. The Morgan fingerprint density at radius 1 is 0.625 bits per heavy atom. The third kappa shape index (κ3) is 7.55. The van der Waals surface area contributed by atoms with Gasteiger partial charge in [-0.25, -0.2) is 14.4 Å². The molecule has 4 aromatic carbocycles. The monoisotopic (exact) mass is 534 g/mol. The van der Waals surface area contributed by atoms with Crippen molar-refractivity contribution >= 4 is 24.0 Å². The van der Waals surface area contributed by atoms with Gasteiger partial charge >= 0.3 is 17.9 Å². The number of methoxy groups -OCH3 is 1. The molecule has 40 heavy (non-hydrogen) atoms. The van der Waals surface area contributed by atoms with E-state index >= 15 is 0 Å². The van der Waals surface area contributed by atoms with Gasteiger partial charge < -0.3 is 18.9 Å². The zero-order chi connectivity index (χ0) is 28.5. The molecule has 0 saturated carbocycles. The fourth-order valence-electron chi connectivity index (χ4n) is 3.48. The van der Waals surface area contributed by atoms with Crippen molar-refractivity contribution in [3.8, 4) is 34.1 Å². The Hall–Kier alpha value is -5.43. The van der Waals surface area contributed by atoms with Gasteiger partial charge in [-0.1, -0.05) is 43.0 Å². The number of carbonyl (C=O) groups excluding carboxylic acids is 3. The van der Waals surface area contributed by atoms with Gasteiger partial charge in [0.2, 0.25) is 0 Å². The van der Waals surface area contributed by atoms with Gasteiger partial charge in [0.25, 0.3) is 0 Å². The first-order chi connectivity index (χ1) is 19.3. The molecule has 4 aromatic rings. The van der Waals surface area contributed by atoms with Crippen LogP contribution >= 0.6 is 0 Å². The molecule has 7 nitrogen and oxygen atoms in total. The number of rotatable bonds is 9. The molecule has 0 heterocycles. The Morgan fingerprint density at radius 2 is 1.10 bits per heavy atom. The maximum absolute atomic E-state index is 12.4. The molecule has 0 atom stereocenters. The van der Waals surface area contributed by atoms with Crippen LogP contribution in [0.1, 0.15) is 22.8 Å². The molecule has 200 valence electrons. The number of carbonyl (C=O) groups is 3. The largest absolute Gasteiger partial charge is 0.497 e. The second-order valence-electron chi connectivity index (χ2n) is 8.66. The van der Waals surface area contributed by atoms with Crippen LogP contribution in [0.4, 0.5) is 0 Å². The van der Waals surface area contributed by atoms with Crippen LogP contribution in [0, 0.1) is 0 Å². The van der Waals surface area contributed by atoms with Crippen LogP contribution in [0.3, 0.4) is 0 Å². The first-order valence-corrected chi connectivity index (χ1v) is 12.2. The fourth-order valence-corrected chi connectivity index (χ4v) is 3.48. The van der Waals surface area contributed by atoms with Crippen molar-refractivity contribution in [2.75, 3.05) is 7.11 Å². The highest BCUT2D eigenvalue weighted by Crippen LogP contribution is 2.23. The van der Waals surface area contributed by atoms with Crippen LogP contribution in [0.15, 0.2) is 115 Å². The lowest BCUT2D eigenvalue weighted by molar-refractivity contribution is -0.130. The predicted octanol–water partition coefficient (Wildman–Crippen LogP) is 6.68. The van der Waals surface area contributed by atoms with Crippen LogP contribution < -0.4 is 18.9 Å². The lowest BCUT2D eigenvalue weighted by Gasteiger charge is -2.07. The van der Waals surface area contributed by atoms with Gasteiger partial charge in [-0.2, -0.15) is 0 Å². The van der Waals surface area contributed by atoms with E-state index in [2.05, 4.69) is 6.58 Å². The summed E-state index contributed by atoms with van der Waals surface area (Å²) in [5, 5.41) is 0. The van der Waals surface area contributed by atoms with Crippen molar-refractivity contribution < 1.29 is 33.3 Å². The van der Waals surface area contributed by atoms with E-state index in [0.717, 1.165) is 22.4 Å². The van der Waals surface area contributed by atoms with Gasteiger partial charge in [0.15, 0.2) is 0 Å². The molecular formula is C33H26O7. The Morgan fingerprint density at radius 3 is 1.65 bits per heavy atom. The molecule has 0 unspecified atom stereocenters. The van der Waals surface area contributed by atoms with E-state index in [4.69, 9.17) is 18.9 Å². The van der Waals surface area contributed by atoms with Crippen molar-refractivity contribution in [3.05, 3.63) is 126 Å². The molecular weight excluding hydrogens is 508 g/mol. The quantitative estimate of drug-likeness (QED) is 0.134. The topological polar surface area (TPSA) is 88.1 Å². The third-order valence-corrected chi connectivity index (χ3v) is 5.65. The van der Waals surface area contributed by atoms with Crippen LogP contribution in [0.2, 0.25) is 0 Å². The molecule has 0 saturated heterocycles. The van der Waals surface area contributed by atoms with Crippen molar-refractivity contribution in [1.82, 2.24) is 0 Å². The standard InChI is InChI=1S/C33H26O7/c1-22(2)32(35)39-29-15-11-26(12-16-29)33(36)40-30-19-17-28(18-20-30)38-31(34)21-6-23-4-7-24(8-5-23)25-9-13-27(37-3)14-10-25/h4-21H,1H2,2-3H3/b21-6+. The highest BCUT2D eigenvalue weighted by atomic mass is 16.5. The van der Waals surface area contributed by atoms with Crippen molar-refractivity contribution in [2.45, 2.75) is 6.92 Å². The zero-order valence-electron chi connectivity index (χ0n) is 22.0. The van der Waals surface area contributed by atoms with E-state index in [1.807, 2.05) is 48.5 Å². The second kappa shape index (κ2) is 12.9. The number of esters is 3. The van der Waals surface area contributed by atoms with Crippen molar-refractivity contribution in [3.63, 3.8) is 0 Å². The molecule has 0 amide bonds. The minimum atomic E-state index is -0.594. The van der Waals surface area contributed by atoms with Crippen LogP contribution in [-0.4, -0.2) is 25.0 Å². The molecule has 0 N–H and O–H groups in total. The summed E-state index contributed by atoms with van der Waals surface area (Å²) in [5.41, 5.74) is 3.49. The average Bonchev–Trinajstić information content (AvgIpc) is 2.97. The van der Waals surface area contributed by atoms with E-state index in [1.54, 1.807) is 20.1 Å². The summed E-state index contributed by atoms with van der Waals surface area (Å²) in [7, 11) is 1.63. The van der Waals surface area contributed by atoms with Gasteiger partial charge in [0, 0.05) is 11.6 Å². The Bertz CT molecular complexity index is 1530. The molecule has 0 aliphatic carbocycles.